The fraction of sp³-hybridized carbons (Fsp3) is 0.625. The van der Waals surface area contributed by atoms with Crippen LogP contribution in [0, 0.1) is 0 Å². The zero-order valence-corrected chi connectivity index (χ0v) is 22.1. The number of aliphatic hydroxyl groups excluding tert-OH is 2. The third kappa shape index (κ3) is 4.84. The molecule has 0 bridgehead atoms. The number of thioether (sulfide) groups is 1. The molecule has 3 aromatic rings. The van der Waals surface area contributed by atoms with Crippen LogP contribution in [-0.4, -0.2) is 62.3 Å². The van der Waals surface area contributed by atoms with E-state index in [2.05, 4.69) is 27.7 Å². The molecule has 33 heavy (non-hydrogen) atoms. The average molecular weight is 491 g/mol. The molecule has 7 nitrogen and oxygen atoms in total. The van der Waals surface area contributed by atoms with Gasteiger partial charge in [-0.15, -0.1) is 11.3 Å². The highest BCUT2D eigenvalue weighted by Gasteiger charge is 2.33. The number of pyridine rings is 1. The van der Waals surface area contributed by atoms with Gasteiger partial charge in [-0.05, 0) is 45.4 Å². The normalized spacial score (nSPS) is 17.5. The van der Waals surface area contributed by atoms with Crippen LogP contribution in [0.4, 0.5) is 5.82 Å². The van der Waals surface area contributed by atoms with Crippen molar-refractivity contribution < 1.29 is 14.9 Å². The molecule has 1 aliphatic heterocycles. The summed E-state index contributed by atoms with van der Waals surface area (Å²) in [7, 11) is 0. The maximum atomic E-state index is 10.2. The summed E-state index contributed by atoms with van der Waals surface area (Å²) in [4.78, 5) is 17.8. The van der Waals surface area contributed by atoms with Crippen molar-refractivity contribution in [1.82, 2.24) is 15.0 Å². The second-order valence-electron chi connectivity index (χ2n) is 9.93. The van der Waals surface area contributed by atoms with Crippen LogP contribution in [-0.2, 0) is 17.8 Å². The maximum Gasteiger partial charge on any atom is 0.189 e. The van der Waals surface area contributed by atoms with Crippen molar-refractivity contribution >= 4 is 49.3 Å². The molecule has 0 unspecified atom stereocenters. The number of hydrogen-bond acceptors (Lipinski definition) is 9. The SMILES string of the molecule is CSc1nc(N(C[C@@H](C)O)C[C@@H](C)O)c2sc3nc(C(C)C)c4c(c3c2n1)CC(C)(C)OC4. The third-order valence-corrected chi connectivity index (χ3v) is 7.50. The van der Waals surface area contributed by atoms with Crippen molar-refractivity contribution in [2.75, 3.05) is 24.2 Å². The van der Waals surface area contributed by atoms with Crippen LogP contribution in [0.3, 0.4) is 0 Å². The van der Waals surface area contributed by atoms with Gasteiger partial charge in [0.15, 0.2) is 11.0 Å². The van der Waals surface area contributed by atoms with Crippen LogP contribution >= 0.6 is 23.1 Å². The van der Waals surface area contributed by atoms with E-state index < -0.39 is 12.2 Å². The van der Waals surface area contributed by atoms with E-state index >= 15 is 0 Å². The van der Waals surface area contributed by atoms with Gasteiger partial charge in [0.05, 0.1) is 40.3 Å². The van der Waals surface area contributed by atoms with Gasteiger partial charge in [0.2, 0.25) is 0 Å². The summed E-state index contributed by atoms with van der Waals surface area (Å²) >= 11 is 3.10. The largest absolute Gasteiger partial charge is 0.392 e. The summed E-state index contributed by atoms with van der Waals surface area (Å²) in [6.45, 7) is 13.4. The van der Waals surface area contributed by atoms with Crippen LogP contribution in [0.2, 0.25) is 0 Å². The Labute approximate surface area is 203 Å². The lowest BCUT2D eigenvalue weighted by atomic mass is 9.87. The Balaban J connectivity index is 2.06. The highest BCUT2D eigenvalue weighted by Crippen LogP contribution is 2.44. The second kappa shape index (κ2) is 9.26. The molecule has 180 valence electrons. The lowest BCUT2D eigenvalue weighted by Gasteiger charge is -2.33. The van der Waals surface area contributed by atoms with E-state index in [1.807, 2.05) is 11.2 Å². The Morgan fingerprint density at radius 1 is 1.06 bits per heavy atom. The number of aromatic nitrogens is 3. The zero-order valence-electron chi connectivity index (χ0n) is 20.5. The van der Waals surface area contributed by atoms with E-state index in [0.29, 0.717) is 24.9 Å². The molecule has 0 amide bonds. The highest BCUT2D eigenvalue weighted by molar-refractivity contribution is 7.98. The maximum absolute atomic E-state index is 10.2. The first-order valence-corrected chi connectivity index (χ1v) is 13.5. The van der Waals surface area contributed by atoms with Gasteiger partial charge in [-0.1, -0.05) is 25.6 Å². The van der Waals surface area contributed by atoms with Gasteiger partial charge < -0.3 is 19.8 Å². The Morgan fingerprint density at radius 3 is 2.30 bits per heavy atom. The lowest BCUT2D eigenvalue weighted by Crippen LogP contribution is -2.37. The zero-order chi connectivity index (χ0) is 24.1. The Bertz CT molecular complexity index is 1160. The fourth-order valence-corrected chi connectivity index (χ4v) is 6.06. The molecule has 0 saturated heterocycles. The van der Waals surface area contributed by atoms with Crippen molar-refractivity contribution in [2.45, 2.75) is 83.5 Å². The summed E-state index contributed by atoms with van der Waals surface area (Å²) in [6.07, 6.45) is 1.65. The minimum absolute atomic E-state index is 0.257. The molecule has 0 aliphatic carbocycles. The van der Waals surface area contributed by atoms with E-state index in [1.54, 1.807) is 25.2 Å². The predicted molar refractivity (Wildman–Crippen MR) is 137 cm³/mol. The molecular weight excluding hydrogens is 456 g/mol. The molecule has 0 saturated carbocycles. The minimum atomic E-state index is -0.558. The molecule has 4 rings (SSSR count). The van der Waals surface area contributed by atoms with Crippen LogP contribution in [0.25, 0.3) is 20.4 Å². The molecule has 2 atom stereocenters. The first kappa shape index (κ1) is 24.6. The number of hydrogen-bond donors (Lipinski definition) is 2. The highest BCUT2D eigenvalue weighted by atomic mass is 32.2. The minimum Gasteiger partial charge on any atom is -0.392 e. The number of nitrogens with zero attached hydrogens (tertiary/aromatic N) is 4. The van der Waals surface area contributed by atoms with Crippen molar-refractivity contribution in [3.63, 3.8) is 0 Å². The van der Waals surface area contributed by atoms with E-state index in [-0.39, 0.29) is 11.5 Å². The van der Waals surface area contributed by atoms with Gasteiger partial charge in [0.1, 0.15) is 4.83 Å². The molecular formula is C24H34N4O3S2. The summed E-state index contributed by atoms with van der Waals surface area (Å²) in [5.74, 6) is 1.03. The number of anilines is 1. The lowest BCUT2D eigenvalue weighted by molar-refractivity contribution is -0.0402. The van der Waals surface area contributed by atoms with Crippen LogP contribution < -0.4 is 4.90 Å². The topological polar surface area (TPSA) is 91.6 Å². The van der Waals surface area contributed by atoms with Gasteiger partial charge in [-0.3, -0.25) is 0 Å². The van der Waals surface area contributed by atoms with Crippen LogP contribution in [0.5, 0.6) is 0 Å². The predicted octanol–water partition coefficient (Wildman–Crippen LogP) is 4.50. The average Bonchev–Trinajstić information content (AvgIpc) is 3.09. The van der Waals surface area contributed by atoms with Crippen molar-refractivity contribution in [2.24, 2.45) is 0 Å². The van der Waals surface area contributed by atoms with Gasteiger partial charge in [0.25, 0.3) is 0 Å². The molecule has 0 aromatic carbocycles. The number of fused-ring (bicyclic) bond motifs is 5. The van der Waals surface area contributed by atoms with E-state index in [9.17, 15) is 10.2 Å². The first-order valence-electron chi connectivity index (χ1n) is 11.5. The Kier molecular flexibility index (Phi) is 6.90. The van der Waals surface area contributed by atoms with Crippen LogP contribution in [0.1, 0.15) is 64.3 Å². The van der Waals surface area contributed by atoms with E-state index in [1.165, 1.54) is 22.9 Å². The molecule has 9 heteroatoms. The number of rotatable bonds is 7. The Morgan fingerprint density at radius 2 is 1.73 bits per heavy atom. The smallest absolute Gasteiger partial charge is 0.189 e. The molecule has 1 aliphatic rings. The summed E-state index contributed by atoms with van der Waals surface area (Å²) < 4.78 is 7.13. The van der Waals surface area contributed by atoms with Crippen LogP contribution in [0.15, 0.2) is 5.16 Å². The quantitative estimate of drug-likeness (QED) is 0.369. The summed E-state index contributed by atoms with van der Waals surface area (Å²) in [6, 6.07) is 0. The second-order valence-corrected chi connectivity index (χ2v) is 11.7. The number of ether oxygens (including phenoxy) is 1. The van der Waals surface area contributed by atoms with Crippen molar-refractivity contribution in [3.8, 4) is 0 Å². The summed E-state index contributed by atoms with van der Waals surface area (Å²) in [5.41, 5.74) is 4.20. The molecule has 3 aromatic heterocycles. The van der Waals surface area contributed by atoms with Gasteiger partial charge in [0, 0.05) is 30.5 Å². The molecule has 0 fully saturated rings. The van der Waals surface area contributed by atoms with Gasteiger partial charge in [-0.2, -0.15) is 0 Å². The fourth-order valence-electron chi connectivity index (χ4n) is 4.53. The van der Waals surface area contributed by atoms with E-state index in [4.69, 9.17) is 19.7 Å². The van der Waals surface area contributed by atoms with Crippen molar-refractivity contribution in [3.05, 3.63) is 16.8 Å². The molecule has 0 spiro atoms. The van der Waals surface area contributed by atoms with Gasteiger partial charge in [-0.25, -0.2) is 15.0 Å². The monoisotopic (exact) mass is 490 g/mol. The molecule has 4 heterocycles. The van der Waals surface area contributed by atoms with Gasteiger partial charge >= 0.3 is 0 Å². The number of aliphatic hydroxyl groups is 2. The standard InChI is InChI=1S/C24H34N4O3S2/c1-12(2)18-16-11-31-24(5,6)8-15(16)17-19-20(33-22(17)25-18)21(27-23(26-19)32-7)28(9-13(3)29)10-14(4)30/h12-14,29-30H,8-11H2,1-7H3/t13-,14-/m1/s1. The van der Waals surface area contributed by atoms with Crippen molar-refractivity contribution in [1.29, 1.82) is 0 Å². The van der Waals surface area contributed by atoms with E-state index in [0.717, 1.165) is 38.4 Å². The molecule has 0 radical (unpaired) electrons. The number of thiophene rings is 1. The third-order valence-electron chi connectivity index (χ3n) is 5.88. The first-order chi connectivity index (χ1) is 15.5. The summed E-state index contributed by atoms with van der Waals surface area (Å²) in [5, 5.41) is 22.1. The molecule has 2 N–H and O–H groups in total. The Hall–Kier alpha value is -1.52.